The van der Waals surface area contributed by atoms with Gasteiger partial charge in [-0.25, -0.2) is 12.7 Å². The molecule has 1 aliphatic heterocycles. The molecule has 6 heteroatoms. The van der Waals surface area contributed by atoms with Gasteiger partial charge in [0.2, 0.25) is 10.0 Å². The first-order valence-electron chi connectivity index (χ1n) is 6.25. The SMILES string of the molecule is CC1CN(S(=O)(=O)Cc2ccccc2)CC/C1=N\O. The second-order valence-electron chi connectivity index (χ2n) is 4.84. The molecule has 1 saturated heterocycles. The topological polar surface area (TPSA) is 70.0 Å². The Bertz CT molecular complexity index is 555. The van der Waals surface area contributed by atoms with Crippen LogP contribution < -0.4 is 0 Å². The van der Waals surface area contributed by atoms with E-state index in [0.29, 0.717) is 25.2 Å². The summed E-state index contributed by atoms with van der Waals surface area (Å²) in [5.41, 5.74) is 1.46. The summed E-state index contributed by atoms with van der Waals surface area (Å²) in [4.78, 5) is 0. The molecule has 104 valence electrons. The average Bonchev–Trinajstić information content (AvgIpc) is 2.39. The molecule has 1 fully saturated rings. The van der Waals surface area contributed by atoms with Crippen molar-refractivity contribution in [3.63, 3.8) is 0 Å². The van der Waals surface area contributed by atoms with Crippen molar-refractivity contribution in [2.45, 2.75) is 19.1 Å². The van der Waals surface area contributed by atoms with Crippen LogP contribution in [0.15, 0.2) is 35.5 Å². The quantitative estimate of drug-likeness (QED) is 0.677. The summed E-state index contributed by atoms with van der Waals surface area (Å²) in [5.74, 6) is -0.0177. The minimum absolute atomic E-state index is 0.0200. The summed E-state index contributed by atoms with van der Waals surface area (Å²) in [6.45, 7) is 2.65. The fourth-order valence-electron chi connectivity index (χ4n) is 2.27. The highest BCUT2D eigenvalue weighted by Crippen LogP contribution is 2.19. The third-order valence-electron chi connectivity index (χ3n) is 3.38. The fraction of sp³-hybridized carbons (Fsp3) is 0.462. The van der Waals surface area contributed by atoms with E-state index in [1.54, 1.807) is 0 Å². The second kappa shape index (κ2) is 5.71. The number of nitrogens with zero attached hydrogens (tertiary/aromatic N) is 2. The Balaban J connectivity index is 2.09. The van der Waals surface area contributed by atoms with Crippen LogP contribution in [0.25, 0.3) is 0 Å². The van der Waals surface area contributed by atoms with Crippen molar-refractivity contribution in [2.75, 3.05) is 13.1 Å². The molecule has 1 aliphatic rings. The first-order chi connectivity index (χ1) is 9.03. The molecule has 1 unspecified atom stereocenters. The van der Waals surface area contributed by atoms with E-state index in [1.165, 1.54) is 4.31 Å². The van der Waals surface area contributed by atoms with Crippen LogP contribution >= 0.6 is 0 Å². The lowest BCUT2D eigenvalue weighted by molar-refractivity contribution is 0.300. The highest BCUT2D eigenvalue weighted by Gasteiger charge is 2.30. The highest BCUT2D eigenvalue weighted by atomic mass is 32.2. The number of oxime groups is 1. The molecular formula is C13H18N2O3S. The number of rotatable bonds is 3. The normalized spacial score (nSPS) is 23.6. The molecule has 1 heterocycles. The number of hydrogen-bond acceptors (Lipinski definition) is 4. The van der Waals surface area contributed by atoms with Gasteiger partial charge in [-0.1, -0.05) is 42.4 Å². The van der Waals surface area contributed by atoms with Crippen LogP contribution in [0.2, 0.25) is 0 Å². The first kappa shape index (κ1) is 14.0. The Labute approximate surface area is 113 Å². The Hall–Kier alpha value is -1.40. The third kappa shape index (κ3) is 3.33. The van der Waals surface area contributed by atoms with E-state index < -0.39 is 10.0 Å². The molecule has 0 bridgehead atoms. The van der Waals surface area contributed by atoms with Gasteiger partial charge in [0.05, 0.1) is 11.5 Å². The Morgan fingerprint density at radius 2 is 2.05 bits per heavy atom. The van der Waals surface area contributed by atoms with Gasteiger partial charge in [-0.3, -0.25) is 0 Å². The van der Waals surface area contributed by atoms with Gasteiger partial charge in [0.25, 0.3) is 0 Å². The van der Waals surface area contributed by atoms with Gasteiger partial charge < -0.3 is 5.21 Å². The van der Waals surface area contributed by atoms with Crippen LogP contribution in [0.1, 0.15) is 18.9 Å². The Kier molecular flexibility index (Phi) is 4.21. The van der Waals surface area contributed by atoms with Crippen LogP contribution in [0.4, 0.5) is 0 Å². The molecule has 5 nitrogen and oxygen atoms in total. The summed E-state index contributed by atoms with van der Waals surface area (Å²) < 4.78 is 26.1. The zero-order chi connectivity index (χ0) is 13.9. The van der Waals surface area contributed by atoms with Crippen LogP contribution in [0.3, 0.4) is 0 Å². The van der Waals surface area contributed by atoms with E-state index >= 15 is 0 Å². The molecule has 2 rings (SSSR count). The van der Waals surface area contributed by atoms with Gasteiger partial charge in [-0.15, -0.1) is 0 Å². The summed E-state index contributed by atoms with van der Waals surface area (Å²) in [6, 6.07) is 9.15. The molecule has 1 aromatic rings. The molecule has 0 aromatic heterocycles. The molecule has 0 radical (unpaired) electrons. The Morgan fingerprint density at radius 1 is 1.37 bits per heavy atom. The van der Waals surface area contributed by atoms with Gasteiger partial charge in [0.1, 0.15) is 0 Å². The zero-order valence-corrected chi connectivity index (χ0v) is 11.7. The van der Waals surface area contributed by atoms with Crippen molar-refractivity contribution in [3.05, 3.63) is 35.9 Å². The van der Waals surface area contributed by atoms with Gasteiger partial charge >= 0.3 is 0 Å². The third-order valence-corrected chi connectivity index (χ3v) is 5.19. The van der Waals surface area contributed by atoms with E-state index in [-0.39, 0.29) is 11.7 Å². The van der Waals surface area contributed by atoms with Crippen molar-refractivity contribution in [1.29, 1.82) is 0 Å². The molecular weight excluding hydrogens is 264 g/mol. The first-order valence-corrected chi connectivity index (χ1v) is 7.86. The lowest BCUT2D eigenvalue weighted by atomic mass is 10.00. The molecule has 19 heavy (non-hydrogen) atoms. The maximum atomic E-state index is 12.3. The smallest absolute Gasteiger partial charge is 0.218 e. The number of sulfonamides is 1. The molecule has 1 atom stereocenters. The average molecular weight is 282 g/mol. The van der Waals surface area contributed by atoms with Crippen LogP contribution in [-0.2, 0) is 15.8 Å². The molecule has 0 saturated carbocycles. The van der Waals surface area contributed by atoms with Crippen molar-refractivity contribution >= 4 is 15.7 Å². The standard InChI is InChI=1S/C13H18N2O3S/c1-11-9-15(8-7-13(11)14-16)19(17,18)10-12-5-3-2-4-6-12/h2-6,11,16H,7-10H2,1H3/b14-13+. The predicted octanol–water partition coefficient (Wildman–Crippen LogP) is 1.69. The van der Waals surface area contributed by atoms with Crippen LogP contribution in [0, 0.1) is 5.92 Å². The van der Waals surface area contributed by atoms with E-state index in [2.05, 4.69) is 5.16 Å². The van der Waals surface area contributed by atoms with Crippen molar-refractivity contribution in [2.24, 2.45) is 11.1 Å². The van der Waals surface area contributed by atoms with Gasteiger partial charge in [-0.2, -0.15) is 0 Å². The summed E-state index contributed by atoms with van der Waals surface area (Å²) in [6.07, 6.45) is 0.492. The van der Waals surface area contributed by atoms with Gasteiger partial charge in [0, 0.05) is 25.4 Å². The molecule has 1 aromatic carbocycles. The molecule has 0 amide bonds. The minimum Gasteiger partial charge on any atom is -0.411 e. The number of hydrogen-bond donors (Lipinski definition) is 1. The van der Waals surface area contributed by atoms with Crippen LogP contribution in [-0.4, -0.2) is 36.7 Å². The monoisotopic (exact) mass is 282 g/mol. The lowest BCUT2D eigenvalue weighted by Crippen LogP contribution is -2.43. The Morgan fingerprint density at radius 3 is 2.63 bits per heavy atom. The van der Waals surface area contributed by atoms with Crippen LogP contribution in [0.5, 0.6) is 0 Å². The molecule has 0 spiro atoms. The molecule has 1 N–H and O–H groups in total. The predicted molar refractivity (Wildman–Crippen MR) is 73.6 cm³/mol. The lowest BCUT2D eigenvalue weighted by Gasteiger charge is -2.30. The summed E-state index contributed by atoms with van der Waals surface area (Å²) in [5, 5.41) is 12.0. The summed E-state index contributed by atoms with van der Waals surface area (Å²) >= 11 is 0. The van der Waals surface area contributed by atoms with Crippen molar-refractivity contribution < 1.29 is 13.6 Å². The minimum atomic E-state index is -3.30. The second-order valence-corrected chi connectivity index (χ2v) is 6.81. The summed E-state index contributed by atoms with van der Waals surface area (Å²) in [7, 11) is -3.30. The largest absolute Gasteiger partial charge is 0.411 e. The number of benzene rings is 1. The van der Waals surface area contributed by atoms with E-state index in [1.807, 2.05) is 37.3 Å². The maximum Gasteiger partial charge on any atom is 0.218 e. The maximum absolute atomic E-state index is 12.3. The molecule has 0 aliphatic carbocycles. The van der Waals surface area contributed by atoms with E-state index in [4.69, 9.17) is 5.21 Å². The van der Waals surface area contributed by atoms with E-state index in [9.17, 15) is 8.42 Å². The highest BCUT2D eigenvalue weighted by molar-refractivity contribution is 7.88. The number of piperidine rings is 1. The fourth-order valence-corrected chi connectivity index (χ4v) is 3.88. The van der Waals surface area contributed by atoms with E-state index in [0.717, 1.165) is 5.56 Å². The van der Waals surface area contributed by atoms with Crippen molar-refractivity contribution in [3.8, 4) is 0 Å². The van der Waals surface area contributed by atoms with Gasteiger partial charge in [0.15, 0.2) is 0 Å². The zero-order valence-electron chi connectivity index (χ0n) is 10.9. The van der Waals surface area contributed by atoms with Crippen molar-refractivity contribution in [1.82, 2.24) is 4.31 Å². The van der Waals surface area contributed by atoms with Gasteiger partial charge in [-0.05, 0) is 5.56 Å².